The molecular formula is C15H17N3O2. The highest BCUT2D eigenvalue weighted by Crippen LogP contribution is 2.11. The number of aromatic carboxylic acids is 1. The van der Waals surface area contributed by atoms with E-state index < -0.39 is 5.97 Å². The zero-order valence-corrected chi connectivity index (χ0v) is 11.6. The molecule has 104 valence electrons. The fraction of sp³-hybridized carbons (Fsp3) is 0.267. The van der Waals surface area contributed by atoms with Crippen molar-refractivity contribution in [2.24, 2.45) is 0 Å². The van der Waals surface area contributed by atoms with E-state index >= 15 is 0 Å². The van der Waals surface area contributed by atoms with E-state index in [1.165, 1.54) is 23.7 Å². The first-order valence-corrected chi connectivity index (χ1v) is 6.32. The molecule has 0 aliphatic rings. The summed E-state index contributed by atoms with van der Waals surface area (Å²) in [6, 6.07) is 8.25. The number of rotatable bonds is 5. The third kappa shape index (κ3) is 3.61. The van der Waals surface area contributed by atoms with Crippen molar-refractivity contribution in [2.75, 3.05) is 7.05 Å². The quantitative estimate of drug-likeness (QED) is 0.902. The van der Waals surface area contributed by atoms with Crippen LogP contribution in [0.4, 0.5) is 0 Å². The standard InChI is InChI=1S/C15H17N3O2/c1-11-4-3-5-12(6-11)8-18(2)9-14-13(15(19)20)7-16-10-17-14/h3-7,10H,8-9H2,1-2H3,(H,19,20). The predicted octanol–water partition coefficient (Wildman–Crippen LogP) is 2.12. The van der Waals surface area contributed by atoms with Gasteiger partial charge in [0.1, 0.15) is 11.9 Å². The summed E-state index contributed by atoms with van der Waals surface area (Å²) in [6.07, 6.45) is 2.72. The molecule has 0 atom stereocenters. The number of nitrogens with zero attached hydrogens (tertiary/aromatic N) is 3. The van der Waals surface area contributed by atoms with Crippen LogP contribution in [0.5, 0.6) is 0 Å². The Bertz CT molecular complexity index is 614. The van der Waals surface area contributed by atoms with Crippen LogP contribution in [0.1, 0.15) is 27.2 Å². The van der Waals surface area contributed by atoms with Gasteiger partial charge in [0.25, 0.3) is 0 Å². The third-order valence-corrected chi connectivity index (χ3v) is 2.98. The number of carboxylic acid groups (broad SMARTS) is 1. The Balaban J connectivity index is 2.08. The number of aryl methyl sites for hydroxylation is 1. The lowest BCUT2D eigenvalue weighted by atomic mass is 10.1. The fourth-order valence-corrected chi connectivity index (χ4v) is 2.09. The highest BCUT2D eigenvalue weighted by molar-refractivity contribution is 5.88. The molecule has 2 rings (SSSR count). The number of carboxylic acids is 1. The topological polar surface area (TPSA) is 66.3 Å². The van der Waals surface area contributed by atoms with Crippen molar-refractivity contribution in [1.82, 2.24) is 14.9 Å². The minimum Gasteiger partial charge on any atom is -0.478 e. The van der Waals surface area contributed by atoms with Gasteiger partial charge in [-0.2, -0.15) is 0 Å². The van der Waals surface area contributed by atoms with E-state index in [1.807, 2.05) is 18.0 Å². The number of aromatic nitrogens is 2. The lowest BCUT2D eigenvalue weighted by molar-refractivity contribution is 0.0693. The molecule has 5 nitrogen and oxygen atoms in total. The van der Waals surface area contributed by atoms with Gasteiger partial charge in [-0.05, 0) is 19.5 Å². The van der Waals surface area contributed by atoms with Crippen LogP contribution in [0.25, 0.3) is 0 Å². The van der Waals surface area contributed by atoms with Crippen LogP contribution in [-0.4, -0.2) is 33.0 Å². The number of carbonyl (C=O) groups is 1. The zero-order valence-electron chi connectivity index (χ0n) is 11.6. The highest BCUT2D eigenvalue weighted by atomic mass is 16.4. The molecule has 0 fully saturated rings. The molecule has 0 bridgehead atoms. The molecule has 1 heterocycles. The van der Waals surface area contributed by atoms with Gasteiger partial charge in [-0.3, -0.25) is 4.90 Å². The van der Waals surface area contributed by atoms with Crippen molar-refractivity contribution < 1.29 is 9.90 Å². The molecule has 0 unspecified atom stereocenters. The first kappa shape index (κ1) is 14.1. The normalized spacial score (nSPS) is 10.8. The summed E-state index contributed by atoms with van der Waals surface area (Å²) < 4.78 is 0. The molecule has 1 aromatic carbocycles. The van der Waals surface area contributed by atoms with Gasteiger partial charge in [-0.15, -0.1) is 0 Å². The van der Waals surface area contributed by atoms with Gasteiger partial charge < -0.3 is 5.11 Å². The maximum atomic E-state index is 11.1. The summed E-state index contributed by atoms with van der Waals surface area (Å²) in [5.41, 5.74) is 3.09. The van der Waals surface area contributed by atoms with Crippen molar-refractivity contribution in [3.8, 4) is 0 Å². The Morgan fingerprint density at radius 3 is 2.85 bits per heavy atom. The van der Waals surface area contributed by atoms with E-state index in [4.69, 9.17) is 5.11 Å². The average molecular weight is 271 g/mol. The lowest BCUT2D eigenvalue weighted by Crippen LogP contribution is -2.20. The molecule has 0 spiro atoms. The highest BCUT2D eigenvalue weighted by Gasteiger charge is 2.13. The van der Waals surface area contributed by atoms with Crippen molar-refractivity contribution in [3.63, 3.8) is 0 Å². The second-order valence-electron chi connectivity index (χ2n) is 4.85. The third-order valence-electron chi connectivity index (χ3n) is 2.98. The molecule has 1 N–H and O–H groups in total. The molecule has 1 aromatic heterocycles. The molecule has 0 aliphatic carbocycles. The average Bonchev–Trinajstić information content (AvgIpc) is 2.38. The number of hydrogen-bond acceptors (Lipinski definition) is 4. The van der Waals surface area contributed by atoms with E-state index in [0.29, 0.717) is 12.2 Å². The van der Waals surface area contributed by atoms with Gasteiger partial charge in [-0.25, -0.2) is 14.8 Å². The van der Waals surface area contributed by atoms with Gasteiger partial charge >= 0.3 is 5.97 Å². The minimum absolute atomic E-state index is 0.156. The SMILES string of the molecule is Cc1cccc(CN(C)Cc2ncncc2C(=O)O)c1. The van der Waals surface area contributed by atoms with E-state index in [2.05, 4.69) is 35.1 Å². The van der Waals surface area contributed by atoms with Gasteiger partial charge in [0.05, 0.1) is 5.69 Å². The Morgan fingerprint density at radius 2 is 2.15 bits per heavy atom. The van der Waals surface area contributed by atoms with Crippen molar-refractivity contribution >= 4 is 5.97 Å². The van der Waals surface area contributed by atoms with Gasteiger partial charge in [0.15, 0.2) is 0 Å². The van der Waals surface area contributed by atoms with Gasteiger partial charge in [0, 0.05) is 19.3 Å². The predicted molar refractivity (Wildman–Crippen MR) is 75.3 cm³/mol. The molecule has 20 heavy (non-hydrogen) atoms. The molecule has 5 heteroatoms. The smallest absolute Gasteiger partial charge is 0.339 e. The Hall–Kier alpha value is -2.27. The van der Waals surface area contributed by atoms with Crippen LogP contribution in [0, 0.1) is 6.92 Å². The first-order valence-electron chi connectivity index (χ1n) is 6.32. The maximum absolute atomic E-state index is 11.1. The summed E-state index contributed by atoms with van der Waals surface area (Å²) in [5, 5.41) is 9.11. The maximum Gasteiger partial charge on any atom is 0.339 e. The molecule has 0 amide bonds. The van der Waals surface area contributed by atoms with Crippen molar-refractivity contribution in [1.29, 1.82) is 0 Å². The summed E-state index contributed by atoms with van der Waals surface area (Å²) >= 11 is 0. The molecule has 0 aliphatic heterocycles. The lowest BCUT2D eigenvalue weighted by Gasteiger charge is -2.17. The van der Waals surface area contributed by atoms with Gasteiger partial charge in [0.2, 0.25) is 0 Å². The number of hydrogen-bond donors (Lipinski definition) is 1. The Morgan fingerprint density at radius 1 is 1.35 bits per heavy atom. The first-order chi connectivity index (χ1) is 9.56. The van der Waals surface area contributed by atoms with Crippen LogP contribution < -0.4 is 0 Å². The van der Waals surface area contributed by atoms with Crippen LogP contribution >= 0.6 is 0 Å². The van der Waals surface area contributed by atoms with E-state index in [1.54, 1.807) is 0 Å². The summed E-state index contributed by atoms with van der Waals surface area (Å²) in [6.45, 7) is 3.26. The zero-order chi connectivity index (χ0) is 14.5. The molecule has 0 saturated carbocycles. The van der Waals surface area contributed by atoms with E-state index in [9.17, 15) is 4.79 Å². The summed E-state index contributed by atoms with van der Waals surface area (Å²) in [5.74, 6) is -0.996. The van der Waals surface area contributed by atoms with Crippen LogP contribution in [0.2, 0.25) is 0 Å². The molecule has 0 radical (unpaired) electrons. The second-order valence-corrected chi connectivity index (χ2v) is 4.85. The summed E-state index contributed by atoms with van der Waals surface area (Å²) in [4.78, 5) is 21.0. The van der Waals surface area contributed by atoms with Crippen LogP contribution in [-0.2, 0) is 13.1 Å². The van der Waals surface area contributed by atoms with E-state index in [0.717, 1.165) is 6.54 Å². The largest absolute Gasteiger partial charge is 0.478 e. The van der Waals surface area contributed by atoms with E-state index in [-0.39, 0.29) is 5.56 Å². The Labute approximate surface area is 117 Å². The number of benzene rings is 1. The van der Waals surface area contributed by atoms with Crippen LogP contribution in [0.15, 0.2) is 36.8 Å². The van der Waals surface area contributed by atoms with Gasteiger partial charge in [-0.1, -0.05) is 29.8 Å². The molecular weight excluding hydrogens is 254 g/mol. The van der Waals surface area contributed by atoms with Crippen molar-refractivity contribution in [2.45, 2.75) is 20.0 Å². The minimum atomic E-state index is -0.996. The fourth-order valence-electron chi connectivity index (χ4n) is 2.09. The van der Waals surface area contributed by atoms with Crippen LogP contribution in [0.3, 0.4) is 0 Å². The second kappa shape index (κ2) is 6.25. The monoisotopic (exact) mass is 271 g/mol. The molecule has 2 aromatic rings. The Kier molecular flexibility index (Phi) is 4.42. The van der Waals surface area contributed by atoms with Crippen molar-refractivity contribution in [3.05, 3.63) is 59.2 Å². The summed E-state index contributed by atoms with van der Waals surface area (Å²) in [7, 11) is 1.94. The molecule has 0 saturated heterocycles.